The number of nitrogens with one attached hydrogen (secondary N) is 1. The van der Waals surface area contributed by atoms with Gasteiger partial charge in [-0.05, 0) is 39.5 Å². The van der Waals surface area contributed by atoms with E-state index >= 15 is 0 Å². The van der Waals surface area contributed by atoms with Gasteiger partial charge in [0.25, 0.3) is 0 Å². The third-order valence-corrected chi connectivity index (χ3v) is 2.92. The van der Waals surface area contributed by atoms with Crippen molar-refractivity contribution in [3.8, 4) is 0 Å². The summed E-state index contributed by atoms with van der Waals surface area (Å²) in [7, 11) is 0. The minimum absolute atomic E-state index is 0.190. The lowest BCUT2D eigenvalue weighted by atomic mass is 9.81. The van der Waals surface area contributed by atoms with Crippen molar-refractivity contribution in [2.24, 2.45) is 5.92 Å². The Morgan fingerprint density at radius 2 is 1.92 bits per heavy atom. The third kappa shape index (κ3) is 2.46. The standard InChI is InChI=1S/C10H21NO/c1-7-5-9(6-7)11-8(2)10(3,4)12/h7-9,11-12H,5-6H2,1-4H3. The van der Waals surface area contributed by atoms with E-state index in [1.54, 1.807) is 0 Å². The van der Waals surface area contributed by atoms with Crippen molar-refractivity contribution in [3.05, 3.63) is 0 Å². The Hall–Kier alpha value is -0.0800. The van der Waals surface area contributed by atoms with E-state index in [-0.39, 0.29) is 6.04 Å². The molecule has 0 radical (unpaired) electrons. The van der Waals surface area contributed by atoms with Crippen LogP contribution in [0, 0.1) is 5.92 Å². The first-order valence-corrected chi connectivity index (χ1v) is 4.88. The van der Waals surface area contributed by atoms with Gasteiger partial charge in [-0.2, -0.15) is 0 Å². The van der Waals surface area contributed by atoms with Crippen LogP contribution < -0.4 is 5.32 Å². The maximum absolute atomic E-state index is 9.66. The molecule has 12 heavy (non-hydrogen) atoms. The lowest BCUT2D eigenvalue weighted by Crippen LogP contribution is -2.52. The summed E-state index contributed by atoms with van der Waals surface area (Å²) in [5, 5.41) is 13.1. The smallest absolute Gasteiger partial charge is 0.0741 e. The molecular formula is C10H21NO. The van der Waals surface area contributed by atoms with Gasteiger partial charge in [0.15, 0.2) is 0 Å². The summed E-state index contributed by atoms with van der Waals surface area (Å²) in [4.78, 5) is 0. The van der Waals surface area contributed by atoms with Crippen LogP contribution in [0.15, 0.2) is 0 Å². The van der Waals surface area contributed by atoms with Crippen LogP contribution in [0.2, 0.25) is 0 Å². The molecule has 0 amide bonds. The van der Waals surface area contributed by atoms with Crippen LogP contribution in [0.25, 0.3) is 0 Å². The molecule has 0 aliphatic heterocycles. The summed E-state index contributed by atoms with van der Waals surface area (Å²) in [6.45, 7) is 8.02. The fourth-order valence-corrected chi connectivity index (χ4v) is 1.60. The quantitative estimate of drug-likeness (QED) is 0.675. The van der Waals surface area contributed by atoms with Gasteiger partial charge in [-0.15, -0.1) is 0 Å². The van der Waals surface area contributed by atoms with Gasteiger partial charge in [-0.25, -0.2) is 0 Å². The van der Waals surface area contributed by atoms with Crippen molar-refractivity contribution >= 4 is 0 Å². The summed E-state index contributed by atoms with van der Waals surface area (Å²) in [5.74, 6) is 0.872. The number of aliphatic hydroxyl groups is 1. The predicted molar refractivity (Wildman–Crippen MR) is 51.1 cm³/mol. The SMILES string of the molecule is CC1CC(NC(C)C(C)(C)O)C1. The second-order valence-electron chi connectivity index (χ2n) is 4.82. The molecule has 0 bridgehead atoms. The van der Waals surface area contributed by atoms with Crippen molar-refractivity contribution in [1.82, 2.24) is 5.32 Å². The number of rotatable bonds is 3. The van der Waals surface area contributed by atoms with Gasteiger partial charge in [-0.3, -0.25) is 0 Å². The summed E-state index contributed by atoms with van der Waals surface area (Å²) in [5.41, 5.74) is -0.598. The molecule has 1 fully saturated rings. The average Bonchev–Trinajstić information content (AvgIpc) is 1.82. The third-order valence-electron chi connectivity index (χ3n) is 2.92. The zero-order chi connectivity index (χ0) is 9.35. The predicted octanol–water partition coefficient (Wildman–Crippen LogP) is 1.53. The molecule has 0 saturated heterocycles. The molecule has 1 saturated carbocycles. The molecule has 1 rings (SSSR count). The van der Waals surface area contributed by atoms with Crippen LogP contribution in [0.1, 0.15) is 40.5 Å². The van der Waals surface area contributed by atoms with E-state index < -0.39 is 5.60 Å². The minimum atomic E-state index is -0.598. The van der Waals surface area contributed by atoms with Crippen molar-refractivity contribution in [1.29, 1.82) is 0 Å². The number of hydrogen-bond acceptors (Lipinski definition) is 2. The van der Waals surface area contributed by atoms with E-state index in [4.69, 9.17) is 0 Å². The van der Waals surface area contributed by atoms with E-state index in [9.17, 15) is 5.11 Å². The van der Waals surface area contributed by atoms with Crippen LogP contribution >= 0.6 is 0 Å². The maximum atomic E-state index is 9.66. The minimum Gasteiger partial charge on any atom is -0.389 e. The summed E-state index contributed by atoms with van der Waals surface area (Å²) in [6, 6.07) is 0.830. The largest absolute Gasteiger partial charge is 0.389 e. The number of hydrogen-bond donors (Lipinski definition) is 2. The Balaban J connectivity index is 2.23. The second-order valence-corrected chi connectivity index (χ2v) is 4.82. The van der Waals surface area contributed by atoms with Crippen molar-refractivity contribution in [3.63, 3.8) is 0 Å². The van der Waals surface area contributed by atoms with E-state index in [2.05, 4.69) is 12.2 Å². The van der Waals surface area contributed by atoms with E-state index in [1.165, 1.54) is 12.8 Å². The molecule has 0 spiro atoms. The zero-order valence-corrected chi connectivity index (χ0v) is 8.59. The van der Waals surface area contributed by atoms with E-state index in [1.807, 2.05) is 20.8 Å². The Morgan fingerprint density at radius 1 is 1.42 bits per heavy atom. The van der Waals surface area contributed by atoms with Crippen LogP contribution in [-0.4, -0.2) is 22.8 Å². The van der Waals surface area contributed by atoms with E-state index in [0.29, 0.717) is 6.04 Å². The summed E-state index contributed by atoms with van der Waals surface area (Å²) in [6.07, 6.45) is 2.53. The first-order chi connectivity index (χ1) is 5.39. The normalized spacial score (nSPS) is 32.8. The topological polar surface area (TPSA) is 32.3 Å². The van der Waals surface area contributed by atoms with Gasteiger partial charge in [0.2, 0.25) is 0 Å². The highest BCUT2D eigenvalue weighted by molar-refractivity contribution is 4.88. The Bertz CT molecular complexity index is 144. The summed E-state index contributed by atoms with van der Waals surface area (Å²) >= 11 is 0. The Labute approximate surface area is 75.4 Å². The Morgan fingerprint density at radius 3 is 2.25 bits per heavy atom. The molecular weight excluding hydrogens is 150 g/mol. The molecule has 2 nitrogen and oxygen atoms in total. The highest BCUT2D eigenvalue weighted by Gasteiger charge is 2.30. The maximum Gasteiger partial charge on any atom is 0.0741 e. The van der Waals surface area contributed by atoms with Crippen LogP contribution in [0.5, 0.6) is 0 Å². The molecule has 2 heteroatoms. The fourth-order valence-electron chi connectivity index (χ4n) is 1.60. The molecule has 1 aliphatic carbocycles. The van der Waals surface area contributed by atoms with Crippen LogP contribution in [-0.2, 0) is 0 Å². The zero-order valence-electron chi connectivity index (χ0n) is 8.59. The lowest BCUT2D eigenvalue weighted by Gasteiger charge is -2.38. The first kappa shape index (κ1) is 10.0. The molecule has 1 atom stereocenters. The lowest BCUT2D eigenvalue weighted by molar-refractivity contribution is 0.0312. The van der Waals surface area contributed by atoms with Crippen molar-refractivity contribution < 1.29 is 5.11 Å². The van der Waals surface area contributed by atoms with Gasteiger partial charge < -0.3 is 10.4 Å². The highest BCUT2D eigenvalue weighted by atomic mass is 16.3. The van der Waals surface area contributed by atoms with Gasteiger partial charge in [0.05, 0.1) is 5.60 Å². The molecule has 0 aromatic rings. The molecule has 72 valence electrons. The molecule has 0 heterocycles. The molecule has 1 aliphatic rings. The van der Waals surface area contributed by atoms with Crippen molar-refractivity contribution in [2.45, 2.75) is 58.2 Å². The van der Waals surface area contributed by atoms with Gasteiger partial charge in [-0.1, -0.05) is 6.92 Å². The summed E-state index contributed by atoms with van der Waals surface area (Å²) < 4.78 is 0. The van der Waals surface area contributed by atoms with Gasteiger partial charge in [0.1, 0.15) is 0 Å². The molecule has 2 N–H and O–H groups in total. The monoisotopic (exact) mass is 171 g/mol. The van der Waals surface area contributed by atoms with Crippen molar-refractivity contribution in [2.75, 3.05) is 0 Å². The first-order valence-electron chi connectivity index (χ1n) is 4.88. The Kier molecular flexibility index (Phi) is 2.79. The van der Waals surface area contributed by atoms with Crippen LogP contribution in [0.3, 0.4) is 0 Å². The average molecular weight is 171 g/mol. The molecule has 0 aromatic carbocycles. The second kappa shape index (κ2) is 3.35. The van der Waals surface area contributed by atoms with Crippen LogP contribution in [0.4, 0.5) is 0 Å². The fraction of sp³-hybridized carbons (Fsp3) is 1.00. The molecule has 1 unspecified atom stereocenters. The molecule has 0 aromatic heterocycles. The van der Waals surface area contributed by atoms with E-state index in [0.717, 1.165) is 5.92 Å². The van der Waals surface area contributed by atoms with Gasteiger partial charge >= 0.3 is 0 Å². The van der Waals surface area contributed by atoms with Gasteiger partial charge in [0, 0.05) is 12.1 Å². The highest BCUT2D eigenvalue weighted by Crippen LogP contribution is 2.27.